The second-order valence-electron chi connectivity index (χ2n) is 3.63. The molecule has 7 heteroatoms. The standard InChI is InChI=1S/C11H11ClN4OS/c1-7(10(13)17)18-11-15-14-6-16(11)9-4-2-3-8(12)5-9/h2-7H,1H3,(H2,13,17). The molecule has 0 saturated carbocycles. The molecule has 1 amide bonds. The molecular formula is C11H11ClN4OS. The number of rotatable bonds is 4. The van der Waals surface area contributed by atoms with Gasteiger partial charge in [-0.25, -0.2) is 0 Å². The molecule has 2 rings (SSSR count). The van der Waals surface area contributed by atoms with Crippen molar-refractivity contribution in [2.45, 2.75) is 17.3 Å². The van der Waals surface area contributed by atoms with E-state index in [4.69, 9.17) is 17.3 Å². The number of nitrogens with zero attached hydrogens (tertiary/aromatic N) is 3. The van der Waals surface area contributed by atoms with Crippen LogP contribution in [0, 0.1) is 0 Å². The van der Waals surface area contributed by atoms with Crippen molar-refractivity contribution < 1.29 is 4.79 Å². The molecule has 18 heavy (non-hydrogen) atoms. The topological polar surface area (TPSA) is 73.8 Å². The molecule has 1 aromatic heterocycles. The van der Waals surface area contributed by atoms with Crippen LogP contribution >= 0.6 is 23.4 Å². The Balaban J connectivity index is 2.30. The van der Waals surface area contributed by atoms with Gasteiger partial charge in [0.05, 0.1) is 10.9 Å². The first-order valence-corrected chi connectivity index (χ1v) is 6.45. The minimum Gasteiger partial charge on any atom is -0.369 e. The SMILES string of the molecule is CC(Sc1nncn1-c1cccc(Cl)c1)C(N)=O. The van der Waals surface area contributed by atoms with Gasteiger partial charge in [0, 0.05) is 5.02 Å². The van der Waals surface area contributed by atoms with Gasteiger partial charge in [0.15, 0.2) is 5.16 Å². The van der Waals surface area contributed by atoms with Gasteiger partial charge >= 0.3 is 0 Å². The molecule has 0 bridgehead atoms. The van der Waals surface area contributed by atoms with E-state index in [2.05, 4.69) is 10.2 Å². The fourth-order valence-electron chi connectivity index (χ4n) is 1.32. The van der Waals surface area contributed by atoms with E-state index >= 15 is 0 Å². The van der Waals surface area contributed by atoms with Gasteiger partial charge in [0.25, 0.3) is 0 Å². The molecule has 0 aliphatic carbocycles. The van der Waals surface area contributed by atoms with E-state index in [0.717, 1.165) is 5.69 Å². The Morgan fingerprint density at radius 2 is 2.33 bits per heavy atom. The number of carbonyl (C=O) groups excluding carboxylic acids is 1. The fourth-order valence-corrected chi connectivity index (χ4v) is 2.30. The lowest BCUT2D eigenvalue weighted by atomic mass is 10.3. The van der Waals surface area contributed by atoms with E-state index < -0.39 is 0 Å². The van der Waals surface area contributed by atoms with Crippen LogP contribution in [0.2, 0.25) is 5.02 Å². The third kappa shape index (κ3) is 2.83. The highest BCUT2D eigenvalue weighted by Crippen LogP contribution is 2.24. The monoisotopic (exact) mass is 282 g/mol. The van der Waals surface area contributed by atoms with Crippen LogP contribution in [0.25, 0.3) is 5.69 Å². The summed E-state index contributed by atoms with van der Waals surface area (Å²) in [6.45, 7) is 1.73. The van der Waals surface area contributed by atoms with Crippen LogP contribution in [-0.2, 0) is 4.79 Å². The highest BCUT2D eigenvalue weighted by atomic mass is 35.5. The molecular weight excluding hydrogens is 272 g/mol. The predicted molar refractivity (Wildman–Crippen MR) is 70.9 cm³/mol. The van der Waals surface area contributed by atoms with Crippen molar-refractivity contribution in [1.29, 1.82) is 0 Å². The van der Waals surface area contributed by atoms with Gasteiger partial charge in [-0.2, -0.15) is 0 Å². The summed E-state index contributed by atoms with van der Waals surface area (Å²) >= 11 is 7.19. The van der Waals surface area contributed by atoms with E-state index in [1.54, 1.807) is 30.0 Å². The first-order valence-electron chi connectivity index (χ1n) is 5.20. The highest BCUT2D eigenvalue weighted by Gasteiger charge is 2.15. The maximum Gasteiger partial charge on any atom is 0.230 e. The lowest BCUT2D eigenvalue weighted by Crippen LogP contribution is -2.22. The van der Waals surface area contributed by atoms with E-state index in [1.165, 1.54) is 11.8 Å². The summed E-state index contributed by atoms with van der Waals surface area (Å²) in [4.78, 5) is 11.1. The number of nitrogens with two attached hydrogens (primary N) is 1. The maximum absolute atomic E-state index is 11.1. The lowest BCUT2D eigenvalue weighted by Gasteiger charge is -2.08. The van der Waals surface area contributed by atoms with E-state index in [-0.39, 0.29) is 11.2 Å². The number of hydrogen-bond acceptors (Lipinski definition) is 4. The summed E-state index contributed by atoms with van der Waals surface area (Å²) in [6, 6.07) is 7.30. The fraction of sp³-hybridized carbons (Fsp3) is 0.182. The Hall–Kier alpha value is -1.53. The zero-order chi connectivity index (χ0) is 13.1. The van der Waals surface area contributed by atoms with Crippen molar-refractivity contribution in [3.63, 3.8) is 0 Å². The van der Waals surface area contributed by atoms with Gasteiger partial charge in [0.1, 0.15) is 6.33 Å². The molecule has 0 aliphatic rings. The first-order chi connectivity index (χ1) is 8.58. The number of aromatic nitrogens is 3. The van der Waals surface area contributed by atoms with Crippen molar-refractivity contribution in [3.8, 4) is 5.69 Å². The Bertz CT molecular complexity index is 572. The summed E-state index contributed by atoms with van der Waals surface area (Å²) in [6.07, 6.45) is 1.57. The van der Waals surface area contributed by atoms with Crippen LogP contribution in [0.15, 0.2) is 35.7 Å². The number of benzene rings is 1. The first kappa shape index (κ1) is 12.9. The van der Waals surface area contributed by atoms with Gasteiger partial charge in [-0.3, -0.25) is 9.36 Å². The van der Waals surface area contributed by atoms with Crippen LogP contribution < -0.4 is 5.73 Å². The summed E-state index contributed by atoms with van der Waals surface area (Å²) in [5.41, 5.74) is 6.07. The second kappa shape index (κ2) is 5.41. The van der Waals surface area contributed by atoms with Gasteiger partial charge in [-0.1, -0.05) is 29.4 Å². The van der Waals surface area contributed by atoms with Crippen LogP contribution in [0.3, 0.4) is 0 Å². The lowest BCUT2D eigenvalue weighted by molar-refractivity contribution is -0.117. The van der Waals surface area contributed by atoms with E-state index in [1.807, 2.05) is 12.1 Å². The number of primary amides is 1. The van der Waals surface area contributed by atoms with Gasteiger partial charge in [-0.15, -0.1) is 10.2 Å². The van der Waals surface area contributed by atoms with Crippen molar-refractivity contribution in [3.05, 3.63) is 35.6 Å². The number of halogens is 1. The summed E-state index contributed by atoms with van der Waals surface area (Å²) in [5.74, 6) is -0.388. The molecule has 0 saturated heterocycles. The molecule has 0 radical (unpaired) electrons. The van der Waals surface area contributed by atoms with Crippen molar-refractivity contribution in [2.75, 3.05) is 0 Å². The molecule has 94 valence electrons. The number of amides is 1. The highest BCUT2D eigenvalue weighted by molar-refractivity contribution is 8.00. The van der Waals surface area contributed by atoms with E-state index in [9.17, 15) is 4.79 Å². The average molecular weight is 283 g/mol. The summed E-state index contributed by atoms with van der Waals surface area (Å²) < 4.78 is 1.76. The van der Waals surface area contributed by atoms with Crippen molar-refractivity contribution in [1.82, 2.24) is 14.8 Å². The minimum absolute atomic E-state index is 0.368. The molecule has 1 heterocycles. The Labute approximate surface area is 113 Å². The smallest absolute Gasteiger partial charge is 0.230 e. The van der Waals surface area contributed by atoms with Crippen LogP contribution in [0.5, 0.6) is 0 Å². The zero-order valence-corrected chi connectivity index (χ0v) is 11.1. The average Bonchev–Trinajstić information content (AvgIpc) is 2.77. The predicted octanol–water partition coefficient (Wildman–Crippen LogP) is 1.89. The quantitative estimate of drug-likeness (QED) is 0.869. The Morgan fingerprint density at radius 3 is 3.00 bits per heavy atom. The molecule has 1 unspecified atom stereocenters. The van der Waals surface area contributed by atoms with E-state index in [0.29, 0.717) is 10.2 Å². The van der Waals surface area contributed by atoms with Crippen LogP contribution in [-0.4, -0.2) is 25.9 Å². The van der Waals surface area contributed by atoms with Crippen LogP contribution in [0.1, 0.15) is 6.92 Å². The number of hydrogen-bond donors (Lipinski definition) is 1. The molecule has 0 spiro atoms. The molecule has 2 aromatic rings. The summed E-state index contributed by atoms with van der Waals surface area (Å²) in [5, 5.41) is 8.66. The normalized spacial score (nSPS) is 12.3. The Morgan fingerprint density at radius 1 is 1.56 bits per heavy atom. The minimum atomic E-state index is -0.388. The molecule has 0 fully saturated rings. The van der Waals surface area contributed by atoms with Gasteiger partial charge in [0.2, 0.25) is 5.91 Å². The third-order valence-electron chi connectivity index (χ3n) is 2.29. The molecule has 5 nitrogen and oxygen atoms in total. The van der Waals surface area contributed by atoms with Crippen molar-refractivity contribution in [2.24, 2.45) is 5.73 Å². The van der Waals surface area contributed by atoms with Gasteiger partial charge in [-0.05, 0) is 25.1 Å². The largest absolute Gasteiger partial charge is 0.369 e. The van der Waals surface area contributed by atoms with Crippen molar-refractivity contribution >= 4 is 29.3 Å². The number of carbonyl (C=O) groups is 1. The summed E-state index contributed by atoms with van der Waals surface area (Å²) in [7, 11) is 0. The second-order valence-corrected chi connectivity index (χ2v) is 5.37. The molecule has 1 aromatic carbocycles. The number of thioether (sulfide) groups is 1. The molecule has 0 aliphatic heterocycles. The Kier molecular flexibility index (Phi) is 3.88. The molecule has 1 atom stereocenters. The van der Waals surface area contributed by atoms with Gasteiger partial charge < -0.3 is 5.73 Å². The van der Waals surface area contributed by atoms with Crippen LogP contribution in [0.4, 0.5) is 0 Å². The third-order valence-corrected chi connectivity index (χ3v) is 3.60. The maximum atomic E-state index is 11.1. The molecule has 2 N–H and O–H groups in total. The zero-order valence-electron chi connectivity index (χ0n) is 9.58.